The van der Waals surface area contributed by atoms with Crippen LogP contribution in [0, 0.1) is 11.3 Å². The van der Waals surface area contributed by atoms with Crippen LogP contribution in [-0.4, -0.2) is 20.0 Å². The molecule has 0 bridgehead atoms. The first-order chi connectivity index (χ1) is 8.81. The lowest BCUT2D eigenvalue weighted by Gasteiger charge is -2.13. The number of unbranched alkanes of at least 4 members (excludes halogenated alkanes) is 2. The summed E-state index contributed by atoms with van der Waals surface area (Å²) < 4.78 is 10.4. The Balaban J connectivity index is 2.38. The van der Waals surface area contributed by atoms with Gasteiger partial charge in [0.05, 0.1) is 6.07 Å². The molecule has 0 radical (unpaired) electrons. The molecule has 1 aromatic carbocycles. The SMILES string of the molecule is COC(OC)c1ccc(SCCCCC#N)cc1. The van der Waals surface area contributed by atoms with Crippen LogP contribution in [0.1, 0.15) is 31.1 Å². The Labute approximate surface area is 113 Å². The summed E-state index contributed by atoms with van der Waals surface area (Å²) in [7, 11) is 3.26. The van der Waals surface area contributed by atoms with Crippen molar-refractivity contribution in [3.63, 3.8) is 0 Å². The Morgan fingerprint density at radius 2 is 1.83 bits per heavy atom. The number of rotatable bonds is 8. The van der Waals surface area contributed by atoms with Crippen molar-refractivity contribution >= 4 is 11.8 Å². The molecule has 4 heteroatoms. The zero-order chi connectivity index (χ0) is 13.2. The van der Waals surface area contributed by atoms with Gasteiger partial charge in [0.1, 0.15) is 0 Å². The third kappa shape index (κ3) is 5.09. The first kappa shape index (κ1) is 15.0. The molecule has 1 rings (SSSR count). The lowest BCUT2D eigenvalue weighted by molar-refractivity contribution is -0.106. The molecule has 0 heterocycles. The summed E-state index contributed by atoms with van der Waals surface area (Å²) >= 11 is 1.82. The van der Waals surface area contributed by atoms with Gasteiger partial charge in [0, 0.05) is 31.1 Å². The number of hydrogen-bond donors (Lipinski definition) is 0. The normalized spacial score (nSPS) is 10.6. The molecular formula is C14H19NO2S. The Bertz CT molecular complexity index is 368. The number of nitrogens with zero attached hydrogens (tertiary/aromatic N) is 1. The van der Waals surface area contributed by atoms with Crippen LogP contribution in [0.5, 0.6) is 0 Å². The highest BCUT2D eigenvalue weighted by atomic mass is 32.2. The molecule has 18 heavy (non-hydrogen) atoms. The van der Waals surface area contributed by atoms with E-state index in [9.17, 15) is 0 Å². The maximum absolute atomic E-state index is 8.43. The molecule has 0 amide bonds. The Hall–Kier alpha value is -1.02. The van der Waals surface area contributed by atoms with Crippen molar-refractivity contribution in [2.45, 2.75) is 30.4 Å². The fraction of sp³-hybridized carbons (Fsp3) is 0.500. The van der Waals surface area contributed by atoms with Crippen molar-refractivity contribution in [3.05, 3.63) is 29.8 Å². The predicted molar refractivity (Wildman–Crippen MR) is 73.4 cm³/mol. The summed E-state index contributed by atoms with van der Waals surface area (Å²) in [6.45, 7) is 0. The molecule has 0 aliphatic rings. The van der Waals surface area contributed by atoms with E-state index in [1.165, 1.54) is 4.90 Å². The van der Waals surface area contributed by atoms with Gasteiger partial charge in [0.25, 0.3) is 0 Å². The minimum absolute atomic E-state index is 0.292. The van der Waals surface area contributed by atoms with Gasteiger partial charge in [-0.05, 0) is 30.7 Å². The number of hydrogen-bond acceptors (Lipinski definition) is 4. The summed E-state index contributed by atoms with van der Waals surface area (Å²) in [4.78, 5) is 1.24. The van der Waals surface area contributed by atoms with Gasteiger partial charge in [-0.15, -0.1) is 11.8 Å². The maximum atomic E-state index is 8.43. The molecule has 98 valence electrons. The molecule has 1 aromatic rings. The highest BCUT2D eigenvalue weighted by Crippen LogP contribution is 2.23. The summed E-state index contributed by atoms with van der Waals surface area (Å²) in [6, 6.07) is 10.4. The van der Waals surface area contributed by atoms with Gasteiger partial charge in [-0.25, -0.2) is 0 Å². The van der Waals surface area contributed by atoms with E-state index >= 15 is 0 Å². The first-order valence-electron chi connectivity index (χ1n) is 5.97. The summed E-state index contributed by atoms with van der Waals surface area (Å²) in [5, 5.41) is 8.43. The molecule has 0 aliphatic heterocycles. The van der Waals surface area contributed by atoms with Crippen molar-refractivity contribution < 1.29 is 9.47 Å². The largest absolute Gasteiger partial charge is 0.352 e. The zero-order valence-electron chi connectivity index (χ0n) is 10.9. The highest BCUT2D eigenvalue weighted by Gasteiger charge is 2.07. The van der Waals surface area contributed by atoms with E-state index in [0.29, 0.717) is 6.42 Å². The number of benzene rings is 1. The lowest BCUT2D eigenvalue weighted by Crippen LogP contribution is -2.02. The van der Waals surface area contributed by atoms with E-state index in [-0.39, 0.29) is 6.29 Å². The third-order valence-electron chi connectivity index (χ3n) is 2.53. The van der Waals surface area contributed by atoms with Crippen molar-refractivity contribution in [3.8, 4) is 6.07 Å². The summed E-state index contributed by atoms with van der Waals surface area (Å²) in [5.74, 6) is 1.05. The topological polar surface area (TPSA) is 42.2 Å². The van der Waals surface area contributed by atoms with E-state index in [4.69, 9.17) is 14.7 Å². The molecule has 0 saturated heterocycles. The monoisotopic (exact) mass is 265 g/mol. The van der Waals surface area contributed by atoms with Gasteiger partial charge in [-0.1, -0.05) is 12.1 Å². The van der Waals surface area contributed by atoms with E-state index in [1.807, 2.05) is 23.9 Å². The summed E-state index contributed by atoms with van der Waals surface area (Å²) in [5.41, 5.74) is 1.02. The molecular weight excluding hydrogens is 246 g/mol. The molecule has 0 unspecified atom stereocenters. The number of methoxy groups -OCH3 is 2. The second-order valence-corrected chi connectivity index (χ2v) is 5.00. The molecule has 0 fully saturated rings. The average Bonchev–Trinajstić information content (AvgIpc) is 2.41. The molecule has 0 aliphatic carbocycles. The van der Waals surface area contributed by atoms with Crippen LogP contribution < -0.4 is 0 Å². The van der Waals surface area contributed by atoms with Crippen molar-refractivity contribution in [1.82, 2.24) is 0 Å². The second kappa shape index (κ2) is 8.98. The van der Waals surface area contributed by atoms with Crippen LogP contribution in [0.2, 0.25) is 0 Å². The Morgan fingerprint density at radius 1 is 1.17 bits per heavy atom. The third-order valence-corrected chi connectivity index (χ3v) is 3.63. The van der Waals surface area contributed by atoms with Crippen LogP contribution in [0.3, 0.4) is 0 Å². The van der Waals surface area contributed by atoms with Crippen LogP contribution >= 0.6 is 11.8 Å². The van der Waals surface area contributed by atoms with Crippen LogP contribution in [0.25, 0.3) is 0 Å². The minimum atomic E-state index is -0.292. The van der Waals surface area contributed by atoms with Gasteiger partial charge >= 0.3 is 0 Å². The standard InChI is InChI=1S/C14H19NO2S/c1-16-14(17-2)12-6-8-13(9-7-12)18-11-5-3-4-10-15/h6-9,14H,3-5,11H2,1-2H3. The van der Waals surface area contributed by atoms with Gasteiger partial charge in [0.2, 0.25) is 0 Å². The number of nitriles is 1. The predicted octanol–water partition coefficient (Wildman–Crippen LogP) is 3.76. The molecule has 0 N–H and O–H groups in total. The van der Waals surface area contributed by atoms with E-state index in [1.54, 1.807) is 14.2 Å². The van der Waals surface area contributed by atoms with E-state index < -0.39 is 0 Å². The molecule has 0 aromatic heterocycles. The van der Waals surface area contributed by atoms with Crippen LogP contribution in [-0.2, 0) is 9.47 Å². The molecule has 3 nitrogen and oxygen atoms in total. The quantitative estimate of drug-likeness (QED) is 0.408. The smallest absolute Gasteiger partial charge is 0.183 e. The minimum Gasteiger partial charge on any atom is -0.352 e. The van der Waals surface area contributed by atoms with Crippen molar-refractivity contribution in [1.29, 1.82) is 5.26 Å². The fourth-order valence-electron chi connectivity index (χ4n) is 1.59. The first-order valence-corrected chi connectivity index (χ1v) is 6.95. The number of ether oxygens (including phenoxy) is 2. The van der Waals surface area contributed by atoms with Gasteiger partial charge < -0.3 is 9.47 Å². The van der Waals surface area contributed by atoms with Crippen molar-refractivity contribution in [2.24, 2.45) is 0 Å². The lowest BCUT2D eigenvalue weighted by atomic mass is 10.2. The van der Waals surface area contributed by atoms with Crippen LogP contribution in [0.4, 0.5) is 0 Å². The second-order valence-electron chi connectivity index (χ2n) is 3.84. The number of thioether (sulfide) groups is 1. The van der Waals surface area contributed by atoms with Gasteiger partial charge in [0.15, 0.2) is 6.29 Å². The van der Waals surface area contributed by atoms with Crippen LogP contribution in [0.15, 0.2) is 29.2 Å². The molecule has 0 spiro atoms. The Morgan fingerprint density at radius 3 is 2.39 bits per heavy atom. The van der Waals surface area contributed by atoms with E-state index in [0.717, 1.165) is 24.2 Å². The average molecular weight is 265 g/mol. The highest BCUT2D eigenvalue weighted by molar-refractivity contribution is 7.99. The molecule has 0 saturated carbocycles. The fourth-order valence-corrected chi connectivity index (χ4v) is 2.50. The van der Waals surface area contributed by atoms with E-state index in [2.05, 4.69) is 18.2 Å². The Kier molecular flexibility index (Phi) is 7.51. The summed E-state index contributed by atoms with van der Waals surface area (Å²) in [6.07, 6.45) is 2.43. The maximum Gasteiger partial charge on any atom is 0.183 e. The zero-order valence-corrected chi connectivity index (χ0v) is 11.7. The van der Waals surface area contributed by atoms with Crippen molar-refractivity contribution in [2.75, 3.05) is 20.0 Å². The van der Waals surface area contributed by atoms with Gasteiger partial charge in [-0.3, -0.25) is 0 Å². The molecule has 0 atom stereocenters. The van der Waals surface area contributed by atoms with Gasteiger partial charge in [-0.2, -0.15) is 5.26 Å².